The summed E-state index contributed by atoms with van der Waals surface area (Å²) in [6, 6.07) is 0. The molecule has 0 fully saturated rings. The number of anilines is 1. The highest BCUT2D eigenvalue weighted by Gasteiger charge is 2.07. The number of nitrogens with zero attached hydrogens (tertiary/aromatic N) is 3. The van der Waals surface area contributed by atoms with Gasteiger partial charge in [0.15, 0.2) is 0 Å². The lowest BCUT2D eigenvalue weighted by atomic mass is 10.5. The molecule has 0 saturated carbocycles. The Labute approximate surface area is 101 Å². The van der Waals surface area contributed by atoms with Crippen LogP contribution >= 0.6 is 0 Å². The lowest BCUT2D eigenvalue weighted by Gasteiger charge is -2.11. The van der Waals surface area contributed by atoms with E-state index in [0.717, 1.165) is 19.2 Å². The van der Waals surface area contributed by atoms with E-state index in [1.807, 2.05) is 25.9 Å². The highest BCUT2D eigenvalue weighted by molar-refractivity contribution is 5.28. The zero-order valence-corrected chi connectivity index (χ0v) is 10.5. The Balaban J connectivity index is 2.56. The van der Waals surface area contributed by atoms with Crippen LogP contribution in [0.25, 0.3) is 0 Å². The average molecular weight is 242 g/mol. The standard InChI is InChI=1S/C11H19FN4O/c1-4-5-13-11-14-8-9(12)10(15-11)17-7-6-16(2)3/h8H,4-7H2,1-3H3,(H,13,14,15). The van der Waals surface area contributed by atoms with Crippen molar-refractivity contribution in [3.8, 4) is 5.88 Å². The van der Waals surface area contributed by atoms with Crippen LogP contribution in [0.2, 0.25) is 0 Å². The number of hydrogen-bond acceptors (Lipinski definition) is 5. The maximum Gasteiger partial charge on any atom is 0.255 e. The molecule has 1 heterocycles. The van der Waals surface area contributed by atoms with Gasteiger partial charge < -0.3 is 15.0 Å². The second-order valence-corrected chi connectivity index (χ2v) is 3.93. The van der Waals surface area contributed by atoms with Crippen molar-refractivity contribution in [3.63, 3.8) is 0 Å². The molecule has 0 unspecified atom stereocenters. The topological polar surface area (TPSA) is 50.3 Å². The second-order valence-electron chi connectivity index (χ2n) is 3.93. The predicted octanol–water partition coefficient (Wildman–Crippen LogP) is 1.38. The molecule has 1 rings (SSSR count). The third kappa shape index (κ3) is 4.95. The lowest BCUT2D eigenvalue weighted by Crippen LogP contribution is -2.20. The van der Waals surface area contributed by atoms with Gasteiger partial charge >= 0.3 is 0 Å². The molecule has 0 spiro atoms. The van der Waals surface area contributed by atoms with Crippen LogP contribution in [-0.2, 0) is 0 Å². The molecule has 0 amide bonds. The summed E-state index contributed by atoms with van der Waals surface area (Å²) in [5, 5.41) is 2.98. The van der Waals surface area contributed by atoms with Gasteiger partial charge in [-0.15, -0.1) is 0 Å². The monoisotopic (exact) mass is 242 g/mol. The minimum Gasteiger partial charge on any atom is -0.474 e. The first-order valence-electron chi connectivity index (χ1n) is 5.67. The van der Waals surface area contributed by atoms with Crippen molar-refractivity contribution >= 4 is 5.95 Å². The van der Waals surface area contributed by atoms with E-state index in [-0.39, 0.29) is 5.88 Å². The molecule has 1 N–H and O–H groups in total. The Morgan fingerprint density at radius 1 is 1.47 bits per heavy atom. The van der Waals surface area contributed by atoms with Crippen LogP contribution in [-0.4, -0.2) is 48.7 Å². The van der Waals surface area contributed by atoms with Crippen molar-refractivity contribution in [2.45, 2.75) is 13.3 Å². The molecular formula is C11H19FN4O. The molecule has 0 saturated heterocycles. The van der Waals surface area contributed by atoms with Crippen molar-refractivity contribution in [1.29, 1.82) is 0 Å². The normalized spacial score (nSPS) is 10.6. The summed E-state index contributed by atoms with van der Waals surface area (Å²) in [7, 11) is 3.85. The molecule has 0 aromatic carbocycles. The summed E-state index contributed by atoms with van der Waals surface area (Å²) in [4.78, 5) is 9.75. The van der Waals surface area contributed by atoms with Crippen LogP contribution in [0, 0.1) is 5.82 Å². The minimum absolute atomic E-state index is 0.000420. The Bertz CT molecular complexity index is 346. The van der Waals surface area contributed by atoms with Crippen molar-refractivity contribution in [3.05, 3.63) is 12.0 Å². The van der Waals surface area contributed by atoms with Crippen molar-refractivity contribution < 1.29 is 9.13 Å². The van der Waals surface area contributed by atoms with Gasteiger partial charge in [-0.25, -0.2) is 4.98 Å². The number of ether oxygens (including phenoxy) is 1. The van der Waals surface area contributed by atoms with Crippen molar-refractivity contribution in [1.82, 2.24) is 14.9 Å². The van der Waals surface area contributed by atoms with Gasteiger partial charge in [0.1, 0.15) is 6.61 Å². The quantitative estimate of drug-likeness (QED) is 0.782. The van der Waals surface area contributed by atoms with E-state index >= 15 is 0 Å². The molecule has 0 bridgehead atoms. The average Bonchev–Trinajstić information content (AvgIpc) is 2.29. The van der Waals surface area contributed by atoms with Gasteiger partial charge in [0.2, 0.25) is 11.8 Å². The molecule has 0 aliphatic rings. The number of aromatic nitrogens is 2. The molecule has 0 radical (unpaired) electrons. The van der Waals surface area contributed by atoms with Crippen LogP contribution in [0.4, 0.5) is 10.3 Å². The number of hydrogen-bond donors (Lipinski definition) is 1. The molecule has 1 aromatic heterocycles. The first kappa shape index (κ1) is 13.6. The Hall–Kier alpha value is -1.43. The maximum atomic E-state index is 13.3. The summed E-state index contributed by atoms with van der Waals surface area (Å²) in [5.74, 6) is -0.139. The van der Waals surface area contributed by atoms with Gasteiger partial charge in [0.25, 0.3) is 5.88 Å². The zero-order valence-electron chi connectivity index (χ0n) is 10.5. The van der Waals surface area contributed by atoms with E-state index in [1.165, 1.54) is 0 Å². The summed E-state index contributed by atoms with van der Waals surface area (Å²) in [5.41, 5.74) is 0. The summed E-state index contributed by atoms with van der Waals surface area (Å²) in [6.45, 7) is 3.89. The van der Waals surface area contributed by atoms with E-state index in [9.17, 15) is 4.39 Å². The van der Waals surface area contributed by atoms with Gasteiger partial charge in [-0.3, -0.25) is 0 Å². The van der Waals surface area contributed by atoms with Crippen molar-refractivity contribution in [2.24, 2.45) is 0 Å². The van der Waals surface area contributed by atoms with Gasteiger partial charge in [0, 0.05) is 13.1 Å². The highest BCUT2D eigenvalue weighted by Crippen LogP contribution is 2.14. The Morgan fingerprint density at radius 2 is 2.24 bits per heavy atom. The van der Waals surface area contributed by atoms with Crippen LogP contribution in [0.5, 0.6) is 5.88 Å². The van der Waals surface area contributed by atoms with E-state index < -0.39 is 5.82 Å². The molecule has 1 aromatic rings. The fraction of sp³-hybridized carbons (Fsp3) is 0.636. The van der Waals surface area contributed by atoms with Crippen LogP contribution in [0.3, 0.4) is 0 Å². The highest BCUT2D eigenvalue weighted by atomic mass is 19.1. The largest absolute Gasteiger partial charge is 0.474 e. The third-order valence-corrected chi connectivity index (χ3v) is 2.02. The van der Waals surface area contributed by atoms with Gasteiger partial charge in [-0.1, -0.05) is 6.92 Å². The molecule has 0 aliphatic heterocycles. The van der Waals surface area contributed by atoms with E-state index in [0.29, 0.717) is 19.1 Å². The summed E-state index contributed by atoms with van der Waals surface area (Å²) >= 11 is 0. The maximum absolute atomic E-state index is 13.3. The van der Waals surface area contributed by atoms with E-state index in [4.69, 9.17) is 4.74 Å². The van der Waals surface area contributed by atoms with Crippen LogP contribution in [0.1, 0.15) is 13.3 Å². The summed E-state index contributed by atoms with van der Waals surface area (Å²) < 4.78 is 18.6. The minimum atomic E-state index is -0.536. The van der Waals surface area contributed by atoms with Gasteiger partial charge in [-0.2, -0.15) is 9.37 Å². The number of rotatable bonds is 7. The Kier molecular flexibility index (Phi) is 5.62. The van der Waals surface area contributed by atoms with E-state index in [1.54, 1.807) is 0 Å². The first-order valence-corrected chi connectivity index (χ1v) is 5.67. The van der Waals surface area contributed by atoms with Crippen molar-refractivity contribution in [2.75, 3.05) is 39.1 Å². The van der Waals surface area contributed by atoms with Crippen LogP contribution in [0.15, 0.2) is 6.20 Å². The smallest absolute Gasteiger partial charge is 0.255 e. The van der Waals surface area contributed by atoms with Crippen LogP contribution < -0.4 is 10.1 Å². The molecular weight excluding hydrogens is 223 g/mol. The molecule has 17 heavy (non-hydrogen) atoms. The Morgan fingerprint density at radius 3 is 2.88 bits per heavy atom. The number of nitrogens with one attached hydrogen (secondary N) is 1. The molecule has 0 aliphatic carbocycles. The molecule has 0 atom stereocenters. The van der Waals surface area contributed by atoms with Gasteiger partial charge in [0.05, 0.1) is 6.20 Å². The molecule has 96 valence electrons. The SMILES string of the molecule is CCCNc1ncc(F)c(OCCN(C)C)n1. The molecule has 5 nitrogen and oxygen atoms in total. The molecule has 6 heteroatoms. The zero-order chi connectivity index (χ0) is 12.7. The predicted molar refractivity (Wildman–Crippen MR) is 64.8 cm³/mol. The second kappa shape index (κ2) is 7.01. The summed E-state index contributed by atoms with van der Waals surface area (Å²) in [6.07, 6.45) is 2.08. The number of halogens is 1. The number of likely N-dealkylation sites (N-methyl/N-ethyl adjacent to an activating group) is 1. The van der Waals surface area contributed by atoms with Gasteiger partial charge in [-0.05, 0) is 20.5 Å². The fourth-order valence-electron chi connectivity index (χ4n) is 1.10. The first-order chi connectivity index (χ1) is 8.13. The van der Waals surface area contributed by atoms with E-state index in [2.05, 4.69) is 15.3 Å². The lowest BCUT2D eigenvalue weighted by molar-refractivity contribution is 0.243. The fourth-order valence-corrected chi connectivity index (χ4v) is 1.10. The third-order valence-electron chi connectivity index (χ3n) is 2.02.